The minimum absolute atomic E-state index is 0.0932. The molecule has 156 valence electrons. The summed E-state index contributed by atoms with van der Waals surface area (Å²) in [4.78, 5) is 17.5. The summed E-state index contributed by atoms with van der Waals surface area (Å²) >= 11 is 0. The first-order valence-corrected chi connectivity index (χ1v) is 11.4. The van der Waals surface area contributed by atoms with Gasteiger partial charge in [0, 0.05) is 32.6 Å². The summed E-state index contributed by atoms with van der Waals surface area (Å²) in [7, 11) is 0. The van der Waals surface area contributed by atoms with E-state index in [0.29, 0.717) is 31.1 Å². The lowest BCUT2D eigenvalue weighted by molar-refractivity contribution is -0.135. The first-order valence-electron chi connectivity index (χ1n) is 11.4. The molecule has 2 saturated heterocycles. The molecule has 3 aliphatic rings. The van der Waals surface area contributed by atoms with Gasteiger partial charge in [-0.15, -0.1) is 0 Å². The average molecular weight is 380 g/mol. The zero-order chi connectivity index (χ0) is 19.3. The molecule has 1 aliphatic carbocycles. The Balaban J connectivity index is 1.38. The van der Waals surface area contributed by atoms with Crippen LogP contribution in [0.5, 0.6) is 0 Å². The van der Waals surface area contributed by atoms with Crippen LogP contribution in [-0.4, -0.2) is 67.2 Å². The first kappa shape index (κ1) is 21.1. The van der Waals surface area contributed by atoms with Gasteiger partial charge in [0.05, 0.1) is 12.2 Å². The zero-order valence-corrected chi connectivity index (χ0v) is 17.6. The van der Waals surface area contributed by atoms with Gasteiger partial charge in [-0.3, -0.25) is 9.69 Å². The van der Waals surface area contributed by atoms with Gasteiger partial charge in [-0.25, -0.2) is 0 Å². The van der Waals surface area contributed by atoms with E-state index in [-0.39, 0.29) is 5.41 Å². The van der Waals surface area contributed by atoms with Gasteiger partial charge in [0.25, 0.3) is 0 Å². The summed E-state index contributed by atoms with van der Waals surface area (Å²) in [6, 6.07) is 0. The van der Waals surface area contributed by atoms with E-state index in [4.69, 9.17) is 10.5 Å². The predicted octanol–water partition coefficient (Wildman–Crippen LogP) is 3.02. The van der Waals surface area contributed by atoms with Gasteiger partial charge in [0.2, 0.25) is 5.91 Å². The lowest BCUT2D eigenvalue weighted by atomic mass is 9.71. The van der Waals surface area contributed by atoms with E-state index in [0.717, 1.165) is 57.8 Å². The molecule has 0 aromatic heterocycles. The van der Waals surface area contributed by atoms with Crippen molar-refractivity contribution in [3.8, 4) is 0 Å². The van der Waals surface area contributed by atoms with Crippen molar-refractivity contribution in [1.82, 2.24) is 9.80 Å². The van der Waals surface area contributed by atoms with Crippen LogP contribution in [0.15, 0.2) is 0 Å². The van der Waals surface area contributed by atoms with Gasteiger partial charge in [-0.1, -0.05) is 19.3 Å². The number of ether oxygens (including phenoxy) is 1. The van der Waals surface area contributed by atoms with E-state index in [1.807, 2.05) is 0 Å². The summed E-state index contributed by atoms with van der Waals surface area (Å²) in [6.45, 7) is 10.2. The quantitative estimate of drug-likeness (QED) is 0.771. The Morgan fingerprint density at radius 2 is 1.70 bits per heavy atom. The van der Waals surface area contributed by atoms with Crippen LogP contribution in [0.1, 0.15) is 71.6 Å². The molecule has 2 N–H and O–H groups in total. The monoisotopic (exact) mass is 379 g/mol. The van der Waals surface area contributed by atoms with Crippen molar-refractivity contribution in [1.29, 1.82) is 0 Å². The summed E-state index contributed by atoms with van der Waals surface area (Å²) < 4.78 is 5.83. The molecule has 0 radical (unpaired) electrons. The molecule has 2 unspecified atom stereocenters. The molecule has 0 aromatic carbocycles. The highest BCUT2D eigenvalue weighted by atomic mass is 16.5. The molecule has 5 nitrogen and oxygen atoms in total. The number of likely N-dealkylation sites (tertiary alicyclic amines) is 1. The normalized spacial score (nSPS) is 30.4. The second-order valence-corrected chi connectivity index (χ2v) is 9.57. The minimum Gasteiger partial charge on any atom is -0.373 e. The highest BCUT2D eigenvalue weighted by molar-refractivity contribution is 5.77. The number of nitrogens with zero attached hydrogens (tertiary/aromatic N) is 2. The molecule has 3 rings (SSSR count). The Kier molecular flexibility index (Phi) is 7.57. The zero-order valence-electron chi connectivity index (χ0n) is 17.6. The van der Waals surface area contributed by atoms with E-state index in [1.54, 1.807) is 0 Å². The van der Waals surface area contributed by atoms with E-state index in [9.17, 15) is 4.79 Å². The fourth-order valence-electron chi connectivity index (χ4n) is 5.49. The van der Waals surface area contributed by atoms with Gasteiger partial charge in [-0.2, -0.15) is 0 Å². The summed E-state index contributed by atoms with van der Waals surface area (Å²) in [5.74, 6) is 1.12. The largest absolute Gasteiger partial charge is 0.373 e. The molecule has 2 atom stereocenters. The van der Waals surface area contributed by atoms with E-state index in [1.165, 1.54) is 32.2 Å². The van der Waals surface area contributed by atoms with Crippen LogP contribution in [0.25, 0.3) is 0 Å². The third-order valence-electron chi connectivity index (χ3n) is 7.19. The number of hydrogen-bond donors (Lipinski definition) is 1. The van der Waals surface area contributed by atoms with Crippen LogP contribution in [0, 0.1) is 11.3 Å². The minimum atomic E-state index is 0.0932. The lowest BCUT2D eigenvalue weighted by Gasteiger charge is -2.39. The molecule has 1 amide bonds. The van der Waals surface area contributed by atoms with Crippen molar-refractivity contribution >= 4 is 5.91 Å². The number of hydrogen-bond acceptors (Lipinski definition) is 4. The number of amides is 1. The Labute approximate surface area is 166 Å². The Morgan fingerprint density at radius 3 is 2.30 bits per heavy atom. The Hall–Kier alpha value is -0.650. The van der Waals surface area contributed by atoms with E-state index in [2.05, 4.69) is 23.6 Å². The number of rotatable bonds is 6. The summed E-state index contributed by atoms with van der Waals surface area (Å²) in [5, 5.41) is 0. The number of carbonyl (C=O) groups is 1. The molecular formula is C22H41N3O2. The molecule has 0 aromatic rings. The SMILES string of the molecule is CC1CN(CCC2CCN(C(=O)CC3(CN)CCCCC3)CC2)CC(C)O1. The molecule has 1 saturated carbocycles. The third kappa shape index (κ3) is 5.91. The van der Waals surface area contributed by atoms with Crippen LogP contribution in [0.3, 0.4) is 0 Å². The molecule has 2 aliphatic heterocycles. The topological polar surface area (TPSA) is 58.8 Å². The number of carbonyl (C=O) groups excluding carboxylic acids is 1. The lowest BCUT2D eigenvalue weighted by Crippen LogP contribution is -2.46. The Bertz CT molecular complexity index is 460. The highest BCUT2D eigenvalue weighted by Crippen LogP contribution is 2.39. The molecular weight excluding hydrogens is 338 g/mol. The smallest absolute Gasteiger partial charge is 0.223 e. The van der Waals surface area contributed by atoms with Crippen molar-refractivity contribution in [3.05, 3.63) is 0 Å². The third-order valence-corrected chi connectivity index (χ3v) is 7.19. The maximum absolute atomic E-state index is 12.9. The van der Waals surface area contributed by atoms with Gasteiger partial charge in [0.1, 0.15) is 0 Å². The number of piperidine rings is 1. The maximum atomic E-state index is 12.9. The summed E-state index contributed by atoms with van der Waals surface area (Å²) in [6.07, 6.45) is 11.0. The first-order chi connectivity index (χ1) is 13.0. The number of morpholine rings is 1. The van der Waals surface area contributed by atoms with Crippen molar-refractivity contribution in [3.63, 3.8) is 0 Å². The van der Waals surface area contributed by atoms with Crippen LogP contribution in [0.4, 0.5) is 0 Å². The van der Waals surface area contributed by atoms with Crippen LogP contribution >= 0.6 is 0 Å². The second-order valence-electron chi connectivity index (χ2n) is 9.57. The van der Waals surface area contributed by atoms with Crippen molar-refractivity contribution < 1.29 is 9.53 Å². The number of nitrogens with two attached hydrogens (primary N) is 1. The average Bonchev–Trinajstić information content (AvgIpc) is 2.67. The fourth-order valence-corrected chi connectivity index (χ4v) is 5.49. The van der Waals surface area contributed by atoms with Gasteiger partial charge < -0.3 is 15.4 Å². The predicted molar refractivity (Wildman–Crippen MR) is 110 cm³/mol. The molecule has 0 bridgehead atoms. The molecule has 3 fully saturated rings. The van der Waals surface area contributed by atoms with Gasteiger partial charge in [-0.05, 0) is 70.4 Å². The van der Waals surface area contributed by atoms with Crippen LogP contribution < -0.4 is 5.73 Å². The van der Waals surface area contributed by atoms with Crippen molar-refractivity contribution in [2.45, 2.75) is 83.8 Å². The van der Waals surface area contributed by atoms with Crippen molar-refractivity contribution in [2.75, 3.05) is 39.3 Å². The van der Waals surface area contributed by atoms with Crippen molar-refractivity contribution in [2.24, 2.45) is 17.1 Å². The molecule has 0 spiro atoms. The standard InChI is InChI=1S/C22H41N3O2/c1-18-15-24(16-19(2)27-18)11-6-20-7-12-25(13-8-20)21(26)14-22(17-23)9-4-3-5-10-22/h18-20H,3-17,23H2,1-2H3. The molecule has 27 heavy (non-hydrogen) atoms. The van der Waals surface area contributed by atoms with Gasteiger partial charge in [0.15, 0.2) is 0 Å². The van der Waals surface area contributed by atoms with Gasteiger partial charge >= 0.3 is 0 Å². The van der Waals surface area contributed by atoms with Crippen LogP contribution in [-0.2, 0) is 9.53 Å². The van der Waals surface area contributed by atoms with E-state index >= 15 is 0 Å². The maximum Gasteiger partial charge on any atom is 0.223 e. The molecule has 2 heterocycles. The summed E-state index contributed by atoms with van der Waals surface area (Å²) in [5.41, 5.74) is 6.18. The Morgan fingerprint density at radius 1 is 1.07 bits per heavy atom. The molecule has 5 heteroatoms. The highest BCUT2D eigenvalue weighted by Gasteiger charge is 2.35. The van der Waals surface area contributed by atoms with Crippen LogP contribution in [0.2, 0.25) is 0 Å². The fraction of sp³-hybridized carbons (Fsp3) is 0.955. The van der Waals surface area contributed by atoms with E-state index < -0.39 is 0 Å². The second kappa shape index (κ2) is 9.71.